The third-order valence-electron chi connectivity index (χ3n) is 10.1. The second kappa shape index (κ2) is 10.6. The van der Waals surface area contributed by atoms with Gasteiger partial charge in [-0.3, -0.25) is 0 Å². The minimum Gasteiger partial charge on any atom is -0.456 e. The number of fused-ring (bicyclic) bond motifs is 10. The normalized spacial score (nSPS) is 12.0. The van der Waals surface area contributed by atoms with Crippen molar-refractivity contribution in [2.45, 2.75) is 0 Å². The summed E-state index contributed by atoms with van der Waals surface area (Å²) in [6, 6.07) is 61.3. The maximum atomic E-state index is 6.50. The second-order valence-electron chi connectivity index (χ2n) is 12.9. The first-order valence-corrected chi connectivity index (χ1v) is 17.8. The molecule has 0 atom stereocenters. The van der Waals surface area contributed by atoms with Crippen molar-refractivity contribution in [3.8, 4) is 5.69 Å². The van der Waals surface area contributed by atoms with E-state index in [1.807, 2.05) is 17.4 Å². The van der Waals surface area contributed by atoms with Crippen LogP contribution in [0.3, 0.4) is 0 Å². The van der Waals surface area contributed by atoms with Crippen molar-refractivity contribution in [2.24, 2.45) is 0 Å². The summed E-state index contributed by atoms with van der Waals surface area (Å²) in [5, 5.41) is 9.67. The van der Waals surface area contributed by atoms with Crippen LogP contribution in [0, 0.1) is 0 Å². The van der Waals surface area contributed by atoms with Crippen molar-refractivity contribution in [3.63, 3.8) is 0 Å². The van der Waals surface area contributed by atoms with Crippen LogP contribution in [0.15, 0.2) is 174 Å². The highest BCUT2D eigenvalue weighted by Gasteiger charge is 2.26. The first-order valence-electron chi connectivity index (χ1n) is 16.9. The van der Waals surface area contributed by atoms with E-state index < -0.39 is 0 Å². The van der Waals surface area contributed by atoms with Crippen LogP contribution < -0.4 is 4.90 Å². The van der Waals surface area contributed by atoms with Gasteiger partial charge in [-0.1, -0.05) is 103 Å². The third-order valence-corrected chi connectivity index (χ3v) is 11.3. The monoisotopic (exact) mass is 656 g/mol. The summed E-state index contributed by atoms with van der Waals surface area (Å²) in [6.45, 7) is 0. The average Bonchev–Trinajstić information content (AvgIpc) is 3.84. The number of nitrogens with zero attached hydrogens (tertiary/aromatic N) is 2. The molecule has 11 rings (SSSR count). The lowest BCUT2D eigenvalue weighted by atomic mass is 10.0. The Balaban J connectivity index is 1.33. The molecule has 3 heterocycles. The topological polar surface area (TPSA) is 21.3 Å². The Bertz CT molecular complexity index is 3110. The predicted octanol–water partition coefficient (Wildman–Crippen LogP) is 13.7. The number of para-hydroxylation sites is 4. The Hall–Kier alpha value is -6.36. The van der Waals surface area contributed by atoms with Gasteiger partial charge in [0, 0.05) is 42.0 Å². The smallest absolute Gasteiger partial charge is 0.137 e. The average molecular weight is 657 g/mol. The van der Waals surface area contributed by atoms with Gasteiger partial charge in [0.15, 0.2) is 0 Å². The highest BCUT2D eigenvalue weighted by atomic mass is 32.1. The van der Waals surface area contributed by atoms with E-state index in [1.54, 1.807) is 0 Å². The van der Waals surface area contributed by atoms with Gasteiger partial charge in [0.05, 0.1) is 33.5 Å². The quantitative estimate of drug-likeness (QED) is 0.188. The molecule has 0 aliphatic rings. The minimum atomic E-state index is 0.873. The zero-order chi connectivity index (χ0) is 32.8. The maximum Gasteiger partial charge on any atom is 0.137 e. The van der Waals surface area contributed by atoms with Crippen molar-refractivity contribution in [1.82, 2.24) is 4.57 Å². The van der Waals surface area contributed by atoms with E-state index in [4.69, 9.17) is 4.42 Å². The molecule has 0 spiro atoms. The molecule has 0 N–H and O–H groups in total. The number of anilines is 3. The van der Waals surface area contributed by atoms with Crippen LogP contribution in [0.25, 0.3) is 80.4 Å². The first-order chi connectivity index (χ1) is 24.8. The van der Waals surface area contributed by atoms with Gasteiger partial charge < -0.3 is 13.9 Å². The van der Waals surface area contributed by atoms with E-state index in [1.165, 1.54) is 47.2 Å². The molecule has 3 nitrogen and oxygen atoms in total. The Morgan fingerprint density at radius 1 is 0.440 bits per heavy atom. The molecule has 0 bridgehead atoms. The Labute approximate surface area is 291 Å². The highest BCUT2D eigenvalue weighted by molar-refractivity contribution is 7.26. The summed E-state index contributed by atoms with van der Waals surface area (Å²) in [6.07, 6.45) is 0. The van der Waals surface area contributed by atoms with Crippen molar-refractivity contribution < 1.29 is 4.42 Å². The van der Waals surface area contributed by atoms with E-state index in [0.717, 1.165) is 50.2 Å². The number of furan rings is 1. The van der Waals surface area contributed by atoms with E-state index in [9.17, 15) is 0 Å². The summed E-state index contributed by atoms with van der Waals surface area (Å²) in [5.41, 5.74) is 8.55. The van der Waals surface area contributed by atoms with Crippen LogP contribution in [-0.4, -0.2) is 4.57 Å². The fourth-order valence-corrected chi connectivity index (χ4v) is 9.19. The fraction of sp³-hybridized carbons (Fsp3) is 0. The number of hydrogen-bond donors (Lipinski definition) is 0. The van der Waals surface area contributed by atoms with Gasteiger partial charge in [0.2, 0.25) is 0 Å². The first kappa shape index (κ1) is 27.6. The van der Waals surface area contributed by atoms with Crippen LogP contribution in [0.4, 0.5) is 17.1 Å². The summed E-state index contributed by atoms with van der Waals surface area (Å²) in [5.74, 6) is 0. The minimum absolute atomic E-state index is 0.873. The number of thiophene rings is 1. The van der Waals surface area contributed by atoms with Crippen LogP contribution in [-0.2, 0) is 0 Å². The molecule has 0 saturated heterocycles. The summed E-state index contributed by atoms with van der Waals surface area (Å²) in [4.78, 5) is 2.49. The summed E-state index contributed by atoms with van der Waals surface area (Å²) >= 11 is 1.86. The Morgan fingerprint density at radius 3 is 1.96 bits per heavy atom. The van der Waals surface area contributed by atoms with Crippen molar-refractivity contribution in [1.29, 1.82) is 0 Å². The molecule has 3 aromatic heterocycles. The van der Waals surface area contributed by atoms with Gasteiger partial charge in [0.25, 0.3) is 0 Å². The van der Waals surface area contributed by atoms with Gasteiger partial charge >= 0.3 is 0 Å². The molecule has 0 amide bonds. The largest absolute Gasteiger partial charge is 0.456 e. The molecule has 50 heavy (non-hydrogen) atoms. The molecular weight excluding hydrogens is 629 g/mol. The number of hydrogen-bond acceptors (Lipinski definition) is 3. The fourth-order valence-electron chi connectivity index (χ4n) is 8.04. The summed E-state index contributed by atoms with van der Waals surface area (Å²) in [7, 11) is 0. The molecule has 0 unspecified atom stereocenters. The Morgan fingerprint density at radius 2 is 1.08 bits per heavy atom. The van der Waals surface area contributed by atoms with Crippen molar-refractivity contribution in [3.05, 3.63) is 170 Å². The van der Waals surface area contributed by atoms with E-state index in [2.05, 4.69) is 173 Å². The lowest BCUT2D eigenvalue weighted by Crippen LogP contribution is -2.12. The van der Waals surface area contributed by atoms with Crippen LogP contribution in [0.1, 0.15) is 0 Å². The van der Waals surface area contributed by atoms with Gasteiger partial charge in [-0.15, -0.1) is 11.3 Å². The molecule has 11 aromatic rings. The SMILES string of the molecule is c1ccc(-n2c3ccccc3c3cccc(N(c4cccc5oc6ccccc6c45)c4cccc5sc6cc7ccccc7cc6c45)c32)cc1. The number of aromatic nitrogens is 1. The standard InChI is InChI=1S/C46H28N2OS/c1-2-15-31(16-3-1)47-36-20-8-6-17-32(36)33-19-10-23-39(46(33)47)48(37-21-11-25-41-44(37)34-18-7-9-24-40(34)49-41)38-22-12-26-42-45(38)35-27-29-13-4-5-14-30(29)28-43(35)50-42/h1-28H. The number of rotatable bonds is 4. The zero-order valence-corrected chi connectivity index (χ0v) is 27.7. The van der Waals surface area contributed by atoms with E-state index >= 15 is 0 Å². The van der Waals surface area contributed by atoms with Crippen LogP contribution in [0.5, 0.6) is 0 Å². The molecule has 0 saturated carbocycles. The van der Waals surface area contributed by atoms with Crippen molar-refractivity contribution in [2.75, 3.05) is 4.90 Å². The van der Waals surface area contributed by atoms with E-state index in [0.29, 0.717) is 0 Å². The van der Waals surface area contributed by atoms with Crippen LogP contribution >= 0.6 is 11.3 Å². The molecule has 0 fully saturated rings. The number of benzene rings is 8. The maximum absolute atomic E-state index is 6.50. The molecule has 234 valence electrons. The third kappa shape index (κ3) is 3.91. The predicted molar refractivity (Wildman–Crippen MR) is 213 cm³/mol. The highest BCUT2D eigenvalue weighted by Crippen LogP contribution is 2.51. The Kier molecular flexibility index (Phi) is 5.83. The molecule has 0 aliphatic heterocycles. The molecule has 8 aromatic carbocycles. The molecule has 0 aliphatic carbocycles. The van der Waals surface area contributed by atoms with E-state index in [-0.39, 0.29) is 0 Å². The zero-order valence-electron chi connectivity index (χ0n) is 26.9. The molecule has 4 heteroatoms. The second-order valence-corrected chi connectivity index (χ2v) is 14.0. The molecule has 0 radical (unpaired) electrons. The molecular formula is C46H28N2OS. The van der Waals surface area contributed by atoms with Gasteiger partial charge in [-0.05, 0) is 77.5 Å². The van der Waals surface area contributed by atoms with Gasteiger partial charge in [-0.25, -0.2) is 0 Å². The lowest BCUT2D eigenvalue weighted by molar-refractivity contribution is 0.669. The summed E-state index contributed by atoms with van der Waals surface area (Å²) < 4.78 is 11.5. The van der Waals surface area contributed by atoms with Gasteiger partial charge in [0.1, 0.15) is 11.2 Å². The van der Waals surface area contributed by atoms with Crippen molar-refractivity contribution >= 4 is 103 Å². The lowest BCUT2D eigenvalue weighted by Gasteiger charge is -2.28. The van der Waals surface area contributed by atoms with Crippen LogP contribution in [0.2, 0.25) is 0 Å². The van der Waals surface area contributed by atoms with Gasteiger partial charge in [-0.2, -0.15) is 0 Å².